The van der Waals surface area contributed by atoms with E-state index in [0.29, 0.717) is 17.9 Å². The van der Waals surface area contributed by atoms with Crippen LogP contribution in [0.3, 0.4) is 0 Å². The van der Waals surface area contributed by atoms with Crippen molar-refractivity contribution >= 4 is 11.7 Å². The third-order valence-corrected chi connectivity index (χ3v) is 2.46. The van der Waals surface area contributed by atoms with Gasteiger partial charge in [0.25, 0.3) is 5.91 Å². The Bertz CT molecular complexity index is 383. The number of hydrogen-bond acceptors (Lipinski definition) is 3. The molecular formula is C11H18N4O. The molecule has 1 aromatic heterocycles. The normalized spacial score (nSPS) is 10.1. The van der Waals surface area contributed by atoms with E-state index in [2.05, 4.69) is 11.7 Å². The Labute approximate surface area is 95.5 Å². The van der Waals surface area contributed by atoms with Gasteiger partial charge in [0.05, 0.1) is 6.20 Å². The maximum Gasteiger partial charge on any atom is 0.258 e. The smallest absolute Gasteiger partial charge is 0.258 e. The molecule has 0 radical (unpaired) electrons. The molecule has 1 rings (SSSR count). The summed E-state index contributed by atoms with van der Waals surface area (Å²) in [6.07, 6.45) is 5.16. The van der Waals surface area contributed by atoms with Crippen LogP contribution in [0, 0.1) is 0 Å². The number of aryl methyl sites for hydroxylation is 1. The van der Waals surface area contributed by atoms with Gasteiger partial charge in [-0.1, -0.05) is 6.08 Å². The standard InChI is InChI=1S/C11H18N4O/c1-4-5-6-7-14(2)11(16)9-8-13-15(3)10(9)12/h4,8H,1,5-7,12H2,2-3H3. The van der Waals surface area contributed by atoms with Crippen LogP contribution in [0.4, 0.5) is 5.82 Å². The summed E-state index contributed by atoms with van der Waals surface area (Å²) < 4.78 is 1.49. The molecule has 16 heavy (non-hydrogen) atoms. The molecule has 1 amide bonds. The van der Waals surface area contributed by atoms with E-state index in [-0.39, 0.29) is 5.91 Å². The first-order chi connectivity index (χ1) is 7.57. The van der Waals surface area contributed by atoms with E-state index in [9.17, 15) is 4.79 Å². The van der Waals surface area contributed by atoms with Crippen molar-refractivity contribution in [1.82, 2.24) is 14.7 Å². The quantitative estimate of drug-likeness (QED) is 0.598. The van der Waals surface area contributed by atoms with Gasteiger partial charge < -0.3 is 10.6 Å². The van der Waals surface area contributed by atoms with Gasteiger partial charge in [-0.25, -0.2) is 0 Å². The lowest BCUT2D eigenvalue weighted by Crippen LogP contribution is -2.28. The highest BCUT2D eigenvalue weighted by atomic mass is 16.2. The van der Waals surface area contributed by atoms with Crippen LogP contribution in [-0.2, 0) is 7.05 Å². The summed E-state index contributed by atoms with van der Waals surface area (Å²) in [4.78, 5) is 13.6. The molecule has 0 fully saturated rings. The summed E-state index contributed by atoms with van der Waals surface area (Å²) >= 11 is 0. The van der Waals surface area contributed by atoms with Crippen LogP contribution in [0.25, 0.3) is 0 Å². The van der Waals surface area contributed by atoms with Crippen LogP contribution >= 0.6 is 0 Å². The zero-order chi connectivity index (χ0) is 12.1. The molecule has 0 bridgehead atoms. The Morgan fingerprint density at radius 1 is 1.75 bits per heavy atom. The van der Waals surface area contributed by atoms with Gasteiger partial charge in [-0.2, -0.15) is 5.10 Å². The van der Waals surface area contributed by atoms with Crippen LogP contribution < -0.4 is 5.73 Å². The largest absolute Gasteiger partial charge is 0.383 e. The predicted octanol–water partition coefficient (Wildman–Crippen LogP) is 1.04. The summed E-state index contributed by atoms with van der Waals surface area (Å²) in [5, 5.41) is 3.94. The fourth-order valence-corrected chi connectivity index (χ4v) is 1.39. The Morgan fingerprint density at radius 2 is 2.44 bits per heavy atom. The molecule has 2 N–H and O–H groups in total. The second-order valence-corrected chi connectivity index (χ2v) is 3.72. The molecule has 0 aliphatic carbocycles. The number of hydrogen-bond donors (Lipinski definition) is 1. The van der Waals surface area contributed by atoms with Crippen LogP contribution in [0.2, 0.25) is 0 Å². The molecule has 5 nitrogen and oxygen atoms in total. The van der Waals surface area contributed by atoms with Gasteiger partial charge >= 0.3 is 0 Å². The molecule has 0 aliphatic heterocycles. The Hall–Kier alpha value is -1.78. The van der Waals surface area contributed by atoms with Crippen molar-refractivity contribution in [3.05, 3.63) is 24.4 Å². The summed E-state index contributed by atoms with van der Waals surface area (Å²) in [7, 11) is 3.47. The molecule has 88 valence electrons. The van der Waals surface area contributed by atoms with E-state index in [4.69, 9.17) is 5.73 Å². The number of aromatic nitrogens is 2. The van der Waals surface area contributed by atoms with Crippen molar-refractivity contribution in [2.75, 3.05) is 19.3 Å². The van der Waals surface area contributed by atoms with E-state index in [1.165, 1.54) is 10.9 Å². The fraction of sp³-hybridized carbons (Fsp3) is 0.455. The third-order valence-electron chi connectivity index (χ3n) is 2.46. The number of amides is 1. The number of nitrogen functional groups attached to an aromatic ring is 1. The molecule has 0 aromatic carbocycles. The summed E-state index contributed by atoms with van der Waals surface area (Å²) in [6, 6.07) is 0. The van der Waals surface area contributed by atoms with E-state index in [1.807, 2.05) is 6.08 Å². The second kappa shape index (κ2) is 5.34. The van der Waals surface area contributed by atoms with Crippen LogP contribution in [0.5, 0.6) is 0 Å². The topological polar surface area (TPSA) is 64.2 Å². The van der Waals surface area contributed by atoms with Crippen molar-refractivity contribution in [1.29, 1.82) is 0 Å². The highest BCUT2D eigenvalue weighted by Gasteiger charge is 2.17. The molecule has 0 saturated carbocycles. The molecule has 1 aromatic rings. The minimum Gasteiger partial charge on any atom is -0.383 e. The molecule has 0 atom stereocenters. The second-order valence-electron chi connectivity index (χ2n) is 3.72. The lowest BCUT2D eigenvalue weighted by atomic mass is 10.2. The van der Waals surface area contributed by atoms with E-state index in [1.54, 1.807) is 19.0 Å². The molecule has 0 unspecified atom stereocenters. The average Bonchev–Trinajstić information content (AvgIpc) is 2.59. The molecular weight excluding hydrogens is 204 g/mol. The minimum absolute atomic E-state index is 0.0883. The number of rotatable bonds is 5. The molecule has 1 heterocycles. The third kappa shape index (κ3) is 2.62. The maximum atomic E-state index is 11.9. The van der Waals surface area contributed by atoms with Gasteiger partial charge in [0.2, 0.25) is 0 Å². The monoisotopic (exact) mass is 222 g/mol. The highest BCUT2D eigenvalue weighted by molar-refractivity contribution is 5.98. The zero-order valence-corrected chi connectivity index (χ0v) is 9.81. The van der Waals surface area contributed by atoms with E-state index < -0.39 is 0 Å². The van der Waals surface area contributed by atoms with E-state index >= 15 is 0 Å². The number of nitrogens with two attached hydrogens (primary N) is 1. The summed E-state index contributed by atoms with van der Waals surface area (Å²) in [5.41, 5.74) is 6.19. The number of unbranched alkanes of at least 4 members (excludes halogenated alkanes) is 1. The first-order valence-electron chi connectivity index (χ1n) is 5.21. The van der Waals surface area contributed by atoms with Crippen molar-refractivity contribution < 1.29 is 4.79 Å². The van der Waals surface area contributed by atoms with Crippen LogP contribution in [-0.4, -0.2) is 34.2 Å². The predicted molar refractivity (Wildman–Crippen MR) is 64.0 cm³/mol. The highest BCUT2D eigenvalue weighted by Crippen LogP contribution is 2.12. The summed E-state index contributed by atoms with van der Waals surface area (Å²) in [6.45, 7) is 4.33. The van der Waals surface area contributed by atoms with E-state index in [0.717, 1.165) is 12.8 Å². The lowest BCUT2D eigenvalue weighted by Gasteiger charge is -2.16. The van der Waals surface area contributed by atoms with Crippen LogP contribution in [0.15, 0.2) is 18.9 Å². The fourth-order valence-electron chi connectivity index (χ4n) is 1.39. The van der Waals surface area contributed by atoms with Gasteiger partial charge in [0.1, 0.15) is 11.4 Å². The van der Waals surface area contributed by atoms with Crippen molar-refractivity contribution in [3.8, 4) is 0 Å². The minimum atomic E-state index is -0.0883. The number of nitrogens with zero attached hydrogens (tertiary/aromatic N) is 3. The molecule has 0 saturated heterocycles. The van der Waals surface area contributed by atoms with Gasteiger partial charge in [-0.15, -0.1) is 6.58 Å². The van der Waals surface area contributed by atoms with Crippen molar-refractivity contribution in [3.63, 3.8) is 0 Å². The SMILES string of the molecule is C=CCCCN(C)C(=O)c1cnn(C)c1N. The average molecular weight is 222 g/mol. The molecule has 5 heteroatoms. The van der Waals surface area contributed by atoms with Crippen molar-refractivity contribution in [2.24, 2.45) is 7.05 Å². The molecule has 0 aliphatic rings. The maximum absolute atomic E-state index is 11.9. The zero-order valence-electron chi connectivity index (χ0n) is 9.81. The number of allylic oxidation sites excluding steroid dienone is 1. The van der Waals surface area contributed by atoms with Crippen LogP contribution in [0.1, 0.15) is 23.2 Å². The number of carbonyl (C=O) groups excluding carboxylic acids is 1. The first kappa shape index (κ1) is 12.3. The van der Waals surface area contributed by atoms with Gasteiger partial charge in [-0.05, 0) is 12.8 Å². The Kier molecular flexibility index (Phi) is 4.10. The van der Waals surface area contributed by atoms with Gasteiger partial charge in [0.15, 0.2) is 0 Å². The molecule has 0 spiro atoms. The van der Waals surface area contributed by atoms with Crippen molar-refractivity contribution in [2.45, 2.75) is 12.8 Å². The first-order valence-corrected chi connectivity index (χ1v) is 5.21. The Balaban J connectivity index is 2.63. The van der Waals surface area contributed by atoms with Gasteiger partial charge in [0, 0.05) is 20.6 Å². The number of carbonyl (C=O) groups is 1. The van der Waals surface area contributed by atoms with Gasteiger partial charge in [-0.3, -0.25) is 9.48 Å². The summed E-state index contributed by atoms with van der Waals surface area (Å²) in [5.74, 6) is 0.315. The lowest BCUT2D eigenvalue weighted by molar-refractivity contribution is 0.0795. The Morgan fingerprint density at radius 3 is 2.94 bits per heavy atom. The number of anilines is 1.